The quantitative estimate of drug-likeness (QED) is 0.586. The summed E-state index contributed by atoms with van der Waals surface area (Å²) in [7, 11) is 0. The number of amides is 1. The van der Waals surface area contributed by atoms with Crippen LogP contribution in [-0.4, -0.2) is 51.9 Å². The zero-order valence-electron chi connectivity index (χ0n) is 14.8. The Balaban J connectivity index is 1.75. The van der Waals surface area contributed by atoms with E-state index < -0.39 is 22.4 Å². The van der Waals surface area contributed by atoms with Gasteiger partial charge in [0.15, 0.2) is 0 Å². The summed E-state index contributed by atoms with van der Waals surface area (Å²) in [6, 6.07) is 2.46. The number of nitrogens with zero attached hydrogens (tertiary/aromatic N) is 5. The van der Waals surface area contributed by atoms with Gasteiger partial charge in [0.05, 0.1) is 22.4 Å². The zero-order valence-corrected chi connectivity index (χ0v) is 14.8. The maximum absolute atomic E-state index is 12.8. The van der Waals surface area contributed by atoms with Crippen molar-refractivity contribution in [3.63, 3.8) is 0 Å². The number of alkyl halides is 3. The molecule has 1 fully saturated rings. The van der Waals surface area contributed by atoms with Crippen molar-refractivity contribution in [3.8, 4) is 0 Å². The van der Waals surface area contributed by atoms with Crippen LogP contribution in [0, 0.1) is 17.0 Å². The van der Waals surface area contributed by atoms with E-state index in [-0.39, 0.29) is 43.5 Å². The summed E-state index contributed by atoms with van der Waals surface area (Å²) in [6.45, 7) is 2.75. The molecule has 28 heavy (non-hydrogen) atoms. The van der Waals surface area contributed by atoms with Crippen molar-refractivity contribution in [3.05, 3.63) is 57.7 Å². The molecule has 1 aromatic carbocycles. The fourth-order valence-corrected chi connectivity index (χ4v) is 2.93. The standard InChI is InChI=1S/C17H16F3N5O3/c1-11-9-22-13(10-21-11)16(26)24-6-4-23(5-7-24)14-3-2-12(17(18,19)20)8-15(14)25(27)28/h2-3,8-10H,4-7H2,1H3. The van der Waals surface area contributed by atoms with Gasteiger partial charge >= 0.3 is 6.18 Å². The van der Waals surface area contributed by atoms with Crippen molar-refractivity contribution in [1.82, 2.24) is 14.9 Å². The molecule has 0 saturated carbocycles. The normalized spacial score (nSPS) is 14.9. The smallest absolute Gasteiger partial charge is 0.362 e. The molecule has 1 aromatic heterocycles. The molecule has 1 amide bonds. The summed E-state index contributed by atoms with van der Waals surface area (Å²) >= 11 is 0. The summed E-state index contributed by atoms with van der Waals surface area (Å²) in [5.74, 6) is -0.311. The lowest BCUT2D eigenvalue weighted by atomic mass is 10.1. The van der Waals surface area contributed by atoms with Crippen LogP contribution in [0.4, 0.5) is 24.5 Å². The molecular formula is C17H16F3N5O3. The Labute approximate surface area is 157 Å². The number of aryl methyl sites for hydroxylation is 1. The van der Waals surface area contributed by atoms with Crippen LogP contribution in [0.2, 0.25) is 0 Å². The minimum absolute atomic E-state index is 0.0974. The van der Waals surface area contributed by atoms with Crippen molar-refractivity contribution in [1.29, 1.82) is 0 Å². The average molecular weight is 395 g/mol. The van der Waals surface area contributed by atoms with Gasteiger partial charge in [-0.05, 0) is 19.1 Å². The molecule has 1 aliphatic rings. The molecule has 0 N–H and O–H groups in total. The van der Waals surface area contributed by atoms with E-state index in [9.17, 15) is 28.1 Å². The summed E-state index contributed by atoms with van der Waals surface area (Å²) in [5, 5.41) is 11.3. The highest BCUT2D eigenvalue weighted by molar-refractivity contribution is 5.92. The Morgan fingerprint density at radius 1 is 1.14 bits per heavy atom. The Hall–Kier alpha value is -3.24. The van der Waals surface area contributed by atoms with Gasteiger partial charge in [0.25, 0.3) is 11.6 Å². The molecule has 0 bridgehead atoms. The van der Waals surface area contributed by atoms with Crippen LogP contribution in [0.5, 0.6) is 0 Å². The van der Waals surface area contributed by atoms with Crippen molar-refractivity contribution in [2.24, 2.45) is 0 Å². The maximum atomic E-state index is 12.8. The minimum atomic E-state index is -4.66. The molecule has 148 valence electrons. The van der Waals surface area contributed by atoms with Crippen molar-refractivity contribution >= 4 is 17.3 Å². The number of benzene rings is 1. The summed E-state index contributed by atoms with van der Waals surface area (Å²) in [6.07, 6.45) is -1.80. The highest BCUT2D eigenvalue weighted by atomic mass is 19.4. The fourth-order valence-electron chi connectivity index (χ4n) is 2.93. The van der Waals surface area contributed by atoms with Crippen LogP contribution < -0.4 is 4.90 Å². The van der Waals surface area contributed by atoms with Crippen LogP contribution in [0.3, 0.4) is 0 Å². The van der Waals surface area contributed by atoms with Gasteiger partial charge in [0, 0.05) is 38.4 Å². The number of nitro benzene ring substituents is 1. The Morgan fingerprint density at radius 2 is 1.82 bits per heavy atom. The van der Waals surface area contributed by atoms with E-state index in [1.807, 2.05) is 0 Å². The van der Waals surface area contributed by atoms with Gasteiger partial charge in [-0.3, -0.25) is 19.9 Å². The number of piperazine rings is 1. The first-order valence-corrected chi connectivity index (χ1v) is 8.35. The Morgan fingerprint density at radius 3 is 2.36 bits per heavy atom. The Bertz CT molecular complexity index is 894. The van der Waals surface area contributed by atoms with Crippen molar-refractivity contribution < 1.29 is 22.9 Å². The molecule has 0 radical (unpaired) electrons. The lowest BCUT2D eigenvalue weighted by Gasteiger charge is -2.35. The SMILES string of the molecule is Cc1cnc(C(=O)N2CCN(c3ccc(C(F)(F)F)cc3[N+](=O)[O-])CC2)cn1. The second-order valence-corrected chi connectivity index (χ2v) is 6.28. The predicted octanol–water partition coefficient (Wildman–Crippen LogP) is 2.67. The number of carbonyl (C=O) groups excluding carboxylic acids is 1. The first-order chi connectivity index (χ1) is 13.2. The fraction of sp³-hybridized carbons (Fsp3) is 0.353. The first-order valence-electron chi connectivity index (χ1n) is 8.35. The van der Waals surface area contributed by atoms with Gasteiger partial charge in [-0.25, -0.2) is 4.98 Å². The summed E-state index contributed by atoms with van der Waals surface area (Å²) in [4.78, 5) is 34.1. The topological polar surface area (TPSA) is 92.5 Å². The molecule has 1 aliphatic heterocycles. The number of aromatic nitrogens is 2. The lowest BCUT2D eigenvalue weighted by Crippen LogP contribution is -2.49. The van der Waals surface area contributed by atoms with E-state index in [0.29, 0.717) is 11.8 Å². The van der Waals surface area contributed by atoms with Crippen molar-refractivity contribution in [2.75, 3.05) is 31.1 Å². The predicted molar refractivity (Wildman–Crippen MR) is 93.0 cm³/mol. The van der Waals surface area contributed by atoms with Gasteiger partial charge in [-0.15, -0.1) is 0 Å². The van der Waals surface area contributed by atoms with E-state index in [1.165, 1.54) is 17.3 Å². The molecule has 8 nitrogen and oxygen atoms in total. The molecule has 0 aliphatic carbocycles. The van der Waals surface area contributed by atoms with Crippen LogP contribution >= 0.6 is 0 Å². The van der Waals surface area contributed by atoms with E-state index in [4.69, 9.17) is 0 Å². The molecule has 2 aromatic rings. The van der Waals surface area contributed by atoms with Crippen molar-refractivity contribution in [2.45, 2.75) is 13.1 Å². The molecule has 0 atom stereocenters. The van der Waals surface area contributed by atoms with Crippen LogP contribution in [0.1, 0.15) is 21.7 Å². The number of carbonyl (C=O) groups is 1. The molecule has 2 heterocycles. The largest absolute Gasteiger partial charge is 0.416 e. The highest BCUT2D eigenvalue weighted by Crippen LogP contribution is 2.36. The second-order valence-electron chi connectivity index (χ2n) is 6.28. The van der Waals surface area contributed by atoms with Gasteiger partial charge in [-0.2, -0.15) is 13.2 Å². The third kappa shape index (κ3) is 4.02. The molecule has 11 heteroatoms. The molecule has 3 rings (SSSR count). The van der Waals surface area contributed by atoms with E-state index in [1.54, 1.807) is 11.8 Å². The van der Waals surface area contributed by atoms with E-state index in [0.717, 1.165) is 12.1 Å². The van der Waals surface area contributed by atoms with Crippen LogP contribution in [0.25, 0.3) is 0 Å². The van der Waals surface area contributed by atoms with Gasteiger partial charge in [0.2, 0.25) is 0 Å². The molecule has 0 unspecified atom stereocenters. The monoisotopic (exact) mass is 395 g/mol. The Kier molecular flexibility index (Phi) is 5.16. The number of hydrogen-bond acceptors (Lipinski definition) is 6. The third-order valence-electron chi connectivity index (χ3n) is 4.41. The number of anilines is 1. The molecule has 0 spiro atoms. The number of halogens is 3. The zero-order chi connectivity index (χ0) is 20.5. The lowest BCUT2D eigenvalue weighted by molar-refractivity contribution is -0.384. The number of nitro groups is 1. The van der Waals surface area contributed by atoms with Gasteiger partial charge in [-0.1, -0.05) is 0 Å². The summed E-state index contributed by atoms with van der Waals surface area (Å²) < 4.78 is 38.5. The maximum Gasteiger partial charge on any atom is 0.416 e. The number of rotatable bonds is 3. The first kappa shape index (κ1) is 19.5. The average Bonchev–Trinajstić information content (AvgIpc) is 2.67. The van der Waals surface area contributed by atoms with E-state index in [2.05, 4.69) is 9.97 Å². The molecular weight excluding hydrogens is 379 g/mol. The summed E-state index contributed by atoms with van der Waals surface area (Å²) in [5.41, 5.74) is -0.718. The number of hydrogen-bond donors (Lipinski definition) is 0. The second kappa shape index (κ2) is 7.41. The van der Waals surface area contributed by atoms with E-state index >= 15 is 0 Å². The minimum Gasteiger partial charge on any atom is -0.362 e. The van der Waals surface area contributed by atoms with Crippen LogP contribution in [0.15, 0.2) is 30.6 Å². The van der Waals surface area contributed by atoms with Crippen LogP contribution in [-0.2, 0) is 6.18 Å². The molecule has 1 saturated heterocycles. The van der Waals surface area contributed by atoms with Gasteiger partial charge in [0.1, 0.15) is 11.4 Å². The highest BCUT2D eigenvalue weighted by Gasteiger charge is 2.34. The van der Waals surface area contributed by atoms with Gasteiger partial charge < -0.3 is 9.80 Å². The third-order valence-corrected chi connectivity index (χ3v) is 4.41.